The molecule has 1 aliphatic carbocycles. The normalized spacial score (nSPS) is 32.4. The third-order valence-corrected chi connectivity index (χ3v) is 3.66. The zero-order valence-electron chi connectivity index (χ0n) is 9.49. The molecular formula is C12H17FO. The first-order valence-corrected chi connectivity index (χ1v) is 4.75. The average Bonchev–Trinajstić information content (AvgIpc) is 2.10. The highest BCUT2D eigenvalue weighted by molar-refractivity contribution is 6.03. The predicted octanol–water partition coefficient (Wildman–Crippen LogP) is 3.22. The van der Waals surface area contributed by atoms with Gasteiger partial charge in [0.2, 0.25) is 0 Å². The van der Waals surface area contributed by atoms with Crippen molar-refractivity contribution in [3.8, 4) is 0 Å². The highest BCUT2D eigenvalue weighted by Gasteiger charge is 2.52. The topological polar surface area (TPSA) is 17.1 Å². The first-order chi connectivity index (χ1) is 6.14. The van der Waals surface area contributed by atoms with E-state index in [0.29, 0.717) is 16.7 Å². The second kappa shape index (κ2) is 2.78. The summed E-state index contributed by atoms with van der Waals surface area (Å²) in [6.45, 7) is 11.9. The van der Waals surface area contributed by atoms with Crippen molar-refractivity contribution in [1.29, 1.82) is 0 Å². The van der Waals surface area contributed by atoms with Crippen LogP contribution in [0.1, 0.15) is 34.6 Å². The van der Waals surface area contributed by atoms with E-state index >= 15 is 0 Å². The summed E-state index contributed by atoms with van der Waals surface area (Å²) < 4.78 is 14.4. The van der Waals surface area contributed by atoms with Gasteiger partial charge in [0.05, 0.1) is 5.41 Å². The molecule has 78 valence electrons. The maximum atomic E-state index is 14.4. The standard InChI is InChI=1S/C12H17FO/c1-7-8(2)10(14)11(4,5)12(6,13)9(7)3/h3H2,1-2,4-6H3. The molecule has 0 aromatic heterocycles. The van der Waals surface area contributed by atoms with Gasteiger partial charge in [0, 0.05) is 0 Å². The maximum absolute atomic E-state index is 14.4. The second-order valence-corrected chi connectivity index (χ2v) is 4.69. The van der Waals surface area contributed by atoms with Crippen molar-refractivity contribution in [3.05, 3.63) is 23.3 Å². The molecule has 0 aliphatic heterocycles. The number of carbonyl (C=O) groups is 1. The number of carbonyl (C=O) groups excluding carboxylic acids is 1. The number of allylic oxidation sites excluding steroid dienone is 3. The quantitative estimate of drug-likeness (QED) is 0.581. The molecule has 0 saturated heterocycles. The molecule has 2 heteroatoms. The number of hydrogen-bond acceptors (Lipinski definition) is 1. The van der Waals surface area contributed by atoms with Gasteiger partial charge in [-0.25, -0.2) is 4.39 Å². The Balaban J connectivity index is 3.47. The molecule has 0 bridgehead atoms. The first kappa shape index (κ1) is 11.2. The molecule has 0 fully saturated rings. The van der Waals surface area contributed by atoms with Crippen molar-refractivity contribution in [1.82, 2.24) is 0 Å². The summed E-state index contributed by atoms with van der Waals surface area (Å²) in [5.41, 5.74) is -0.893. The summed E-state index contributed by atoms with van der Waals surface area (Å²) in [6, 6.07) is 0. The van der Waals surface area contributed by atoms with E-state index in [9.17, 15) is 9.18 Å². The van der Waals surface area contributed by atoms with Gasteiger partial charge in [0.1, 0.15) is 5.67 Å². The monoisotopic (exact) mass is 196 g/mol. The van der Waals surface area contributed by atoms with E-state index in [4.69, 9.17) is 0 Å². The Morgan fingerprint density at radius 1 is 1.14 bits per heavy atom. The van der Waals surface area contributed by atoms with Gasteiger partial charge in [-0.1, -0.05) is 6.58 Å². The maximum Gasteiger partial charge on any atom is 0.167 e. The molecule has 1 unspecified atom stereocenters. The highest BCUT2D eigenvalue weighted by atomic mass is 19.1. The molecule has 0 amide bonds. The van der Waals surface area contributed by atoms with Crippen molar-refractivity contribution in [2.75, 3.05) is 0 Å². The lowest BCUT2D eigenvalue weighted by atomic mass is 9.63. The van der Waals surface area contributed by atoms with Gasteiger partial charge in [-0.15, -0.1) is 0 Å². The van der Waals surface area contributed by atoms with Crippen LogP contribution < -0.4 is 0 Å². The van der Waals surface area contributed by atoms with Crippen LogP contribution in [0.3, 0.4) is 0 Å². The summed E-state index contributed by atoms with van der Waals surface area (Å²) in [5.74, 6) is -0.118. The Morgan fingerprint density at radius 3 is 2.00 bits per heavy atom. The lowest BCUT2D eigenvalue weighted by molar-refractivity contribution is -0.130. The number of Topliss-reactive ketones (excluding diaryl/α,β-unsaturated/α-hetero) is 1. The third-order valence-electron chi connectivity index (χ3n) is 3.66. The summed E-state index contributed by atoms with van der Waals surface area (Å²) in [5, 5.41) is 0. The van der Waals surface area contributed by atoms with Crippen LogP contribution >= 0.6 is 0 Å². The molecule has 0 saturated carbocycles. The first-order valence-electron chi connectivity index (χ1n) is 4.75. The fourth-order valence-corrected chi connectivity index (χ4v) is 1.81. The van der Waals surface area contributed by atoms with E-state index < -0.39 is 11.1 Å². The number of alkyl halides is 1. The molecule has 1 rings (SSSR count). The number of ketones is 1. The second-order valence-electron chi connectivity index (χ2n) is 4.69. The molecule has 14 heavy (non-hydrogen) atoms. The molecule has 1 aliphatic rings. The van der Waals surface area contributed by atoms with Gasteiger partial charge in [-0.2, -0.15) is 0 Å². The van der Waals surface area contributed by atoms with Crippen molar-refractivity contribution in [2.24, 2.45) is 5.41 Å². The fourth-order valence-electron chi connectivity index (χ4n) is 1.81. The summed E-state index contributed by atoms with van der Waals surface area (Å²) in [7, 11) is 0. The van der Waals surface area contributed by atoms with Crippen LogP contribution in [0.4, 0.5) is 4.39 Å². The summed E-state index contributed by atoms with van der Waals surface area (Å²) in [4.78, 5) is 11.9. The Labute approximate surface area is 84.7 Å². The Bertz CT molecular complexity index is 311. The Hall–Kier alpha value is -0.920. The average molecular weight is 196 g/mol. The van der Waals surface area contributed by atoms with Crippen molar-refractivity contribution in [2.45, 2.75) is 40.3 Å². The zero-order chi connectivity index (χ0) is 11.3. The highest BCUT2D eigenvalue weighted by Crippen LogP contribution is 2.48. The van der Waals surface area contributed by atoms with E-state index in [1.165, 1.54) is 6.92 Å². The molecule has 1 nitrogen and oxygen atoms in total. The van der Waals surface area contributed by atoms with Gasteiger partial charge >= 0.3 is 0 Å². The van der Waals surface area contributed by atoms with Crippen LogP contribution in [0.25, 0.3) is 0 Å². The Morgan fingerprint density at radius 2 is 1.57 bits per heavy atom. The molecule has 0 N–H and O–H groups in total. The van der Waals surface area contributed by atoms with Crippen molar-refractivity contribution >= 4 is 5.78 Å². The summed E-state index contributed by atoms with van der Waals surface area (Å²) >= 11 is 0. The molecule has 0 spiro atoms. The van der Waals surface area contributed by atoms with Crippen LogP contribution in [0.15, 0.2) is 23.3 Å². The minimum Gasteiger partial charge on any atom is -0.294 e. The van der Waals surface area contributed by atoms with Gasteiger partial charge in [0.15, 0.2) is 5.78 Å². The zero-order valence-corrected chi connectivity index (χ0v) is 9.49. The van der Waals surface area contributed by atoms with Crippen molar-refractivity contribution in [3.63, 3.8) is 0 Å². The summed E-state index contributed by atoms with van der Waals surface area (Å²) in [6.07, 6.45) is 0. The van der Waals surface area contributed by atoms with E-state index in [2.05, 4.69) is 6.58 Å². The Kier molecular flexibility index (Phi) is 2.22. The SMILES string of the molecule is C=C1C(C)=C(C)C(=O)C(C)(C)C1(C)F. The molecule has 0 aromatic carbocycles. The number of halogens is 1. The van der Waals surface area contributed by atoms with Gasteiger partial charge in [0.25, 0.3) is 0 Å². The van der Waals surface area contributed by atoms with E-state index in [1.54, 1.807) is 27.7 Å². The minimum atomic E-state index is -1.65. The van der Waals surface area contributed by atoms with Crippen LogP contribution in [0.2, 0.25) is 0 Å². The van der Waals surface area contributed by atoms with Crippen LogP contribution in [0, 0.1) is 5.41 Å². The molecule has 1 atom stereocenters. The van der Waals surface area contributed by atoms with Gasteiger partial charge in [-0.3, -0.25) is 4.79 Å². The lowest BCUT2D eigenvalue weighted by Gasteiger charge is -2.42. The minimum absolute atomic E-state index is 0.118. The lowest BCUT2D eigenvalue weighted by Crippen LogP contribution is -2.49. The van der Waals surface area contributed by atoms with E-state index in [0.717, 1.165) is 0 Å². The van der Waals surface area contributed by atoms with Crippen molar-refractivity contribution < 1.29 is 9.18 Å². The van der Waals surface area contributed by atoms with Crippen LogP contribution in [-0.4, -0.2) is 11.5 Å². The predicted molar refractivity (Wildman–Crippen MR) is 55.8 cm³/mol. The van der Waals surface area contributed by atoms with Gasteiger partial charge in [-0.05, 0) is 51.3 Å². The van der Waals surface area contributed by atoms with Crippen LogP contribution in [-0.2, 0) is 4.79 Å². The van der Waals surface area contributed by atoms with E-state index in [-0.39, 0.29) is 5.78 Å². The molecule has 0 heterocycles. The van der Waals surface area contributed by atoms with Gasteiger partial charge < -0.3 is 0 Å². The smallest absolute Gasteiger partial charge is 0.167 e. The van der Waals surface area contributed by atoms with E-state index in [1.807, 2.05) is 0 Å². The van der Waals surface area contributed by atoms with Crippen LogP contribution in [0.5, 0.6) is 0 Å². The molecular weight excluding hydrogens is 179 g/mol. The fraction of sp³-hybridized carbons (Fsp3) is 0.583. The largest absolute Gasteiger partial charge is 0.294 e. The third kappa shape index (κ3) is 1.09. The number of hydrogen-bond donors (Lipinski definition) is 0. The molecule has 0 radical (unpaired) electrons. The molecule has 0 aromatic rings. The number of rotatable bonds is 0.